The molecule has 0 aliphatic carbocycles. The highest BCUT2D eigenvalue weighted by Gasteiger charge is 2.76. The number of alkyl halides is 5. The molecule has 1 unspecified atom stereocenters. The predicted octanol–water partition coefficient (Wildman–Crippen LogP) is 2.46. The number of hydrogen-bond acceptors (Lipinski definition) is 3. The number of carbonyl (C=O) groups is 1. The van der Waals surface area contributed by atoms with Gasteiger partial charge in [0, 0.05) is 12.0 Å². The van der Waals surface area contributed by atoms with Gasteiger partial charge in [-0.2, -0.15) is 22.0 Å². The molecule has 1 heterocycles. The maximum atomic E-state index is 13.0. The van der Waals surface area contributed by atoms with E-state index in [2.05, 4.69) is 16.1 Å². The molecular weight excluding hydrogens is 263 g/mol. The zero-order chi connectivity index (χ0) is 14.2. The molecule has 0 aromatic heterocycles. The fraction of sp³-hybridized carbons (Fsp3) is 0.700. The third kappa shape index (κ3) is 2.63. The van der Waals surface area contributed by atoms with Crippen LogP contribution in [0.5, 0.6) is 0 Å². The van der Waals surface area contributed by atoms with Crippen LogP contribution in [0.1, 0.15) is 13.3 Å². The van der Waals surface area contributed by atoms with Crippen LogP contribution in [-0.2, 0) is 14.3 Å². The molecule has 1 aliphatic heterocycles. The Kier molecular flexibility index (Phi) is 3.71. The Morgan fingerprint density at radius 2 is 1.89 bits per heavy atom. The minimum atomic E-state index is -5.69. The van der Waals surface area contributed by atoms with Crippen LogP contribution in [0.3, 0.4) is 0 Å². The van der Waals surface area contributed by atoms with Crippen molar-refractivity contribution in [3.05, 3.63) is 12.2 Å². The van der Waals surface area contributed by atoms with E-state index in [1.165, 1.54) is 6.92 Å². The second-order valence-electron chi connectivity index (χ2n) is 4.02. The third-order valence-corrected chi connectivity index (χ3v) is 2.51. The summed E-state index contributed by atoms with van der Waals surface area (Å²) in [4.78, 5) is 10.9. The van der Waals surface area contributed by atoms with E-state index in [9.17, 15) is 26.7 Å². The largest absolute Gasteiger partial charge is 0.462 e. The molecule has 0 saturated carbocycles. The first-order chi connectivity index (χ1) is 8.03. The SMILES string of the molecule is C=C(C)C(=O)OCCC1(C(F)(F)C(F)(F)F)CO1. The average Bonchev–Trinajstić information content (AvgIpc) is 2.97. The van der Waals surface area contributed by atoms with E-state index < -0.39 is 43.3 Å². The van der Waals surface area contributed by atoms with Gasteiger partial charge >= 0.3 is 18.1 Å². The van der Waals surface area contributed by atoms with E-state index in [4.69, 9.17) is 0 Å². The van der Waals surface area contributed by atoms with Crippen molar-refractivity contribution in [1.29, 1.82) is 0 Å². The summed E-state index contributed by atoms with van der Waals surface area (Å²) in [6.45, 7) is 3.27. The number of ether oxygens (including phenoxy) is 2. The van der Waals surface area contributed by atoms with Crippen LogP contribution in [-0.4, -0.2) is 36.9 Å². The van der Waals surface area contributed by atoms with Crippen LogP contribution in [0, 0.1) is 0 Å². The molecule has 0 spiro atoms. The summed E-state index contributed by atoms with van der Waals surface area (Å²) in [5.74, 6) is -5.81. The van der Waals surface area contributed by atoms with Gasteiger partial charge in [-0.15, -0.1) is 0 Å². The minimum Gasteiger partial charge on any atom is -0.462 e. The van der Waals surface area contributed by atoms with E-state index in [0.29, 0.717) is 0 Å². The summed E-state index contributed by atoms with van der Waals surface area (Å²) in [7, 11) is 0. The lowest BCUT2D eigenvalue weighted by atomic mass is 9.98. The molecule has 8 heteroatoms. The Morgan fingerprint density at radius 1 is 1.39 bits per heavy atom. The summed E-state index contributed by atoms with van der Waals surface area (Å²) in [5, 5.41) is 0. The van der Waals surface area contributed by atoms with E-state index in [1.54, 1.807) is 0 Å². The molecule has 1 saturated heterocycles. The van der Waals surface area contributed by atoms with Crippen molar-refractivity contribution in [3.63, 3.8) is 0 Å². The van der Waals surface area contributed by atoms with Gasteiger partial charge in [0.2, 0.25) is 0 Å². The standard InChI is InChI=1S/C10H11F5O3/c1-6(2)7(16)17-4-3-8(5-18-8)9(11,12)10(13,14)15/h1,3-5H2,2H3. The van der Waals surface area contributed by atoms with Gasteiger partial charge in [-0.3, -0.25) is 0 Å². The molecular formula is C10H11F5O3. The van der Waals surface area contributed by atoms with Crippen LogP contribution in [0.15, 0.2) is 12.2 Å². The number of hydrogen-bond donors (Lipinski definition) is 0. The van der Waals surface area contributed by atoms with E-state index in [1.807, 2.05) is 0 Å². The number of epoxide rings is 1. The van der Waals surface area contributed by atoms with Crippen molar-refractivity contribution >= 4 is 5.97 Å². The summed E-state index contributed by atoms with van der Waals surface area (Å²) < 4.78 is 71.2. The van der Waals surface area contributed by atoms with Gasteiger partial charge < -0.3 is 9.47 Å². The normalized spacial score (nSPS) is 23.7. The van der Waals surface area contributed by atoms with Gasteiger partial charge in [0.1, 0.15) is 0 Å². The molecule has 0 N–H and O–H groups in total. The van der Waals surface area contributed by atoms with Gasteiger partial charge in [-0.05, 0) is 6.92 Å². The number of rotatable bonds is 5. The van der Waals surface area contributed by atoms with E-state index in [0.717, 1.165) is 0 Å². The molecule has 1 atom stereocenters. The molecule has 0 aromatic carbocycles. The Labute approximate surface area is 99.5 Å². The Bertz CT molecular complexity index is 357. The highest BCUT2D eigenvalue weighted by molar-refractivity contribution is 5.86. The maximum Gasteiger partial charge on any atom is 0.456 e. The van der Waals surface area contributed by atoms with E-state index in [-0.39, 0.29) is 5.57 Å². The summed E-state index contributed by atoms with van der Waals surface area (Å²) in [6, 6.07) is 0. The van der Waals surface area contributed by atoms with Crippen LogP contribution < -0.4 is 0 Å². The molecule has 0 radical (unpaired) electrons. The fourth-order valence-corrected chi connectivity index (χ4v) is 1.26. The molecule has 0 bridgehead atoms. The van der Waals surface area contributed by atoms with Crippen LogP contribution in [0.25, 0.3) is 0 Å². The first-order valence-corrected chi connectivity index (χ1v) is 4.95. The molecule has 1 aliphatic rings. The predicted molar refractivity (Wildman–Crippen MR) is 50.1 cm³/mol. The monoisotopic (exact) mass is 274 g/mol. The van der Waals surface area contributed by atoms with Crippen molar-refractivity contribution < 1.29 is 36.2 Å². The molecule has 104 valence electrons. The smallest absolute Gasteiger partial charge is 0.456 e. The lowest BCUT2D eigenvalue weighted by molar-refractivity contribution is -0.306. The van der Waals surface area contributed by atoms with Crippen LogP contribution >= 0.6 is 0 Å². The molecule has 18 heavy (non-hydrogen) atoms. The number of esters is 1. The van der Waals surface area contributed by atoms with Gasteiger partial charge in [-0.25, -0.2) is 4.79 Å². The minimum absolute atomic E-state index is 0.0309. The average molecular weight is 274 g/mol. The summed E-state index contributed by atoms with van der Waals surface area (Å²) in [6.07, 6.45) is -6.42. The quantitative estimate of drug-likeness (QED) is 0.334. The second-order valence-corrected chi connectivity index (χ2v) is 4.02. The van der Waals surface area contributed by atoms with Gasteiger partial charge in [0.05, 0.1) is 13.2 Å². The zero-order valence-corrected chi connectivity index (χ0v) is 9.44. The molecule has 0 amide bonds. The van der Waals surface area contributed by atoms with Crippen molar-refractivity contribution in [3.8, 4) is 0 Å². The first-order valence-electron chi connectivity index (χ1n) is 4.95. The Morgan fingerprint density at radius 3 is 2.22 bits per heavy atom. The zero-order valence-electron chi connectivity index (χ0n) is 9.44. The topological polar surface area (TPSA) is 38.8 Å². The molecule has 1 rings (SSSR count). The van der Waals surface area contributed by atoms with Crippen molar-refractivity contribution in [1.82, 2.24) is 0 Å². The third-order valence-electron chi connectivity index (χ3n) is 2.51. The van der Waals surface area contributed by atoms with Crippen LogP contribution in [0.4, 0.5) is 22.0 Å². The van der Waals surface area contributed by atoms with Crippen LogP contribution in [0.2, 0.25) is 0 Å². The lowest BCUT2D eigenvalue weighted by Crippen LogP contribution is -2.50. The van der Waals surface area contributed by atoms with Crippen molar-refractivity contribution in [2.75, 3.05) is 13.2 Å². The molecule has 1 fully saturated rings. The van der Waals surface area contributed by atoms with Gasteiger partial charge in [-0.1, -0.05) is 6.58 Å². The number of halogens is 5. The van der Waals surface area contributed by atoms with Gasteiger partial charge in [0.15, 0.2) is 5.60 Å². The molecule has 3 nitrogen and oxygen atoms in total. The Balaban J connectivity index is 2.57. The highest BCUT2D eigenvalue weighted by atomic mass is 19.4. The summed E-state index contributed by atoms with van der Waals surface area (Å²) >= 11 is 0. The van der Waals surface area contributed by atoms with Gasteiger partial charge in [0.25, 0.3) is 0 Å². The number of carbonyl (C=O) groups excluding carboxylic acids is 1. The van der Waals surface area contributed by atoms with Crippen molar-refractivity contribution in [2.45, 2.75) is 31.0 Å². The highest BCUT2D eigenvalue weighted by Crippen LogP contribution is 2.53. The fourth-order valence-electron chi connectivity index (χ4n) is 1.26. The van der Waals surface area contributed by atoms with E-state index >= 15 is 0 Å². The second kappa shape index (κ2) is 4.49. The maximum absolute atomic E-state index is 13.0. The lowest BCUT2D eigenvalue weighted by Gasteiger charge is -2.25. The first kappa shape index (κ1) is 14.9. The Hall–Kier alpha value is -1.18. The summed E-state index contributed by atoms with van der Waals surface area (Å²) in [5.41, 5.74) is -2.58. The van der Waals surface area contributed by atoms with Crippen molar-refractivity contribution in [2.24, 2.45) is 0 Å². The molecule has 0 aromatic rings.